The summed E-state index contributed by atoms with van der Waals surface area (Å²) in [7, 11) is -2.87. The minimum Gasteiger partial charge on any atom is -0.448 e. The van der Waals surface area contributed by atoms with E-state index in [0.29, 0.717) is 10.8 Å². The van der Waals surface area contributed by atoms with Crippen LogP contribution in [0.4, 0.5) is 16.4 Å². The molecular weight excluding hydrogens is 428 g/mol. The third kappa shape index (κ3) is 5.34. The van der Waals surface area contributed by atoms with E-state index in [4.69, 9.17) is 4.74 Å². The highest BCUT2D eigenvalue weighted by molar-refractivity contribution is 7.98. The number of nitrogens with one attached hydrogen (secondary N) is 1. The molecule has 0 fully saturated rings. The van der Waals surface area contributed by atoms with Crippen LogP contribution in [0.3, 0.4) is 0 Å². The predicted octanol–water partition coefficient (Wildman–Crippen LogP) is 5.28. The number of hydrogen-bond donors (Lipinski definition) is 1. The van der Waals surface area contributed by atoms with Gasteiger partial charge in [-0.15, -0.1) is 27.5 Å². The fraction of sp³-hybridized carbons (Fsp3) is 0.211. The first-order chi connectivity index (χ1) is 13.9. The molecule has 1 N–H and O–H groups in total. The number of anilines is 2. The second kappa shape index (κ2) is 9.38. The zero-order valence-electron chi connectivity index (χ0n) is 16.1. The van der Waals surface area contributed by atoms with E-state index in [0.717, 1.165) is 21.2 Å². The van der Waals surface area contributed by atoms with Gasteiger partial charge in [0.05, 0.1) is 16.3 Å². The lowest BCUT2D eigenvalue weighted by molar-refractivity contribution is 0.164. The number of rotatable bonds is 6. The van der Waals surface area contributed by atoms with Gasteiger partial charge in [0.1, 0.15) is 5.03 Å². The van der Waals surface area contributed by atoms with Crippen LogP contribution >= 0.6 is 23.1 Å². The molecule has 0 bridgehead atoms. The predicted molar refractivity (Wildman–Crippen MR) is 119 cm³/mol. The zero-order valence-corrected chi connectivity index (χ0v) is 18.6. The summed E-state index contributed by atoms with van der Waals surface area (Å²) >= 11 is 3.20. The Kier molecular flexibility index (Phi) is 6.88. The van der Waals surface area contributed by atoms with Gasteiger partial charge in [-0.1, -0.05) is 6.07 Å². The first kappa shape index (κ1) is 21.3. The van der Waals surface area contributed by atoms with Gasteiger partial charge in [0.2, 0.25) is 5.95 Å². The summed E-state index contributed by atoms with van der Waals surface area (Å²) in [4.78, 5) is 22.1. The summed E-state index contributed by atoms with van der Waals surface area (Å²) in [5, 5.41) is 6.05. The lowest BCUT2D eigenvalue weighted by Crippen LogP contribution is -2.05. The normalized spacial score (nSPS) is 12.8. The quantitative estimate of drug-likeness (QED) is 0.405. The molecule has 0 saturated carbocycles. The maximum Gasteiger partial charge on any atom is 0.442 e. The van der Waals surface area contributed by atoms with E-state index in [-0.39, 0.29) is 6.61 Å². The third-order valence-electron chi connectivity index (χ3n) is 3.80. The van der Waals surface area contributed by atoms with Gasteiger partial charge in [0.25, 0.3) is 0 Å². The van der Waals surface area contributed by atoms with Crippen LogP contribution in [-0.4, -0.2) is 39.4 Å². The fourth-order valence-corrected chi connectivity index (χ4v) is 4.89. The Morgan fingerprint density at radius 3 is 2.69 bits per heavy atom. The lowest BCUT2D eigenvalue weighted by atomic mass is 10.3. The highest BCUT2D eigenvalue weighted by Crippen LogP contribution is 2.32. The second-order valence-electron chi connectivity index (χ2n) is 5.84. The Balaban J connectivity index is 1.80. The molecule has 10 heteroatoms. The van der Waals surface area contributed by atoms with E-state index in [1.165, 1.54) is 6.26 Å². The van der Waals surface area contributed by atoms with Crippen LogP contribution in [0.5, 0.6) is 0 Å². The van der Waals surface area contributed by atoms with Crippen LogP contribution in [0.25, 0.3) is 10.4 Å². The molecule has 29 heavy (non-hydrogen) atoms. The molecule has 7 nitrogen and oxygen atoms in total. The molecule has 3 aromatic rings. The van der Waals surface area contributed by atoms with Crippen molar-refractivity contribution in [3.8, 4) is 10.4 Å². The molecule has 3 rings (SSSR count). The number of amides is 1. The van der Waals surface area contributed by atoms with Gasteiger partial charge in [0, 0.05) is 33.5 Å². The molecule has 0 saturated heterocycles. The molecule has 0 spiro atoms. The van der Waals surface area contributed by atoms with Crippen molar-refractivity contribution in [1.29, 1.82) is 0 Å². The highest BCUT2D eigenvalue weighted by atomic mass is 32.2. The summed E-state index contributed by atoms with van der Waals surface area (Å²) in [5.74, 6) is 0.468. The molecule has 0 aliphatic heterocycles. The Bertz CT molecular complexity index is 1110. The molecule has 1 unspecified atom stereocenters. The fourth-order valence-electron chi connectivity index (χ4n) is 2.45. The third-order valence-corrected chi connectivity index (χ3v) is 7.04. The molecule has 152 valence electrons. The molecule has 1 amide bonds. The van der Waals surface area contributed by atoms with Crippen molar-refractivity contribution in [1.82, 2.24) is 9.97 Å². The average molecular weight is 449 g/mol. The van der Waals surface area contributed by atoms with Gasteiger partial charge in [0.15, 0.2) is 0 Å². The zero-order chi connectivity index (χ0) is 20.9. The monoisotopic (exact) mass is 448 g/mol. The van der Waals surface area contributed by atoms with Gasteiger partial charge in [-0.25, -0.2) is 19.0 Å². The largest absolute Gasteiger partial charge is 0.448 e. The van der Waals surface area contributed by atoms with E-state index in [1.807, 2.05) is 23.8 Å². The minimum absolute atomic E-state index is 0.185. The number of nitrogens with zero attached hydrogens (tertiary/aromatic N) is 3. The summed E-state index contributed by atoms with van der Waals surface area (Å²) in [6.45, 7) is 1.85. The lowest BCUT2D eigenvalue weighted by Gasteiger charge is -2.10. The van der Waals surface area contributed by atoms with Crippen LogP contribution in [0.15, 0.2) is 62.3 Å². The molecule has 1 aromatic carbocycles. The summed E-state index contributed by atoms with van der Waals surface area (Å²) < 4.78 is 21.1. The van der Waals surface area contributed by atoms with Gasteiger partial charge >= 0.3 is 6.09 Å². The molecule has 1 atom stereocenters. The van der Waals surface area contributed by atoms with Crippen LogP contribution in [-0.2, 0) is 14.5 Å². The Hall–Kier alpha value is -2.43. The number of thiophene rings is 1. The van der Waals surface area contributed by atoms with Gasteiger partial charge in [-0.2, -0.15) is 0 Å². The smallest absolute Gasteiger partial charge is 0.442 e. The van der Waals surface area contributed by atoms with Crippen molar-refractivity contribution < 1.29 is 13.7 Å². The SMILES string of the molecule is CCOC(=O)N=S(C)(=O)c1ccc(Nc2ncc(-c3cccs3)c(SC)n2)cc1. The standard InChI is InChI=1S/C19H20N4O3S3/c1-4-26-19(24)23-29(3,25)14-9-7-13(8-10-14)21-18-20-12-15(17(22-18)27-2)16-6-5-11-28-16/h5-12H,4H2,1-3H3,(H,20,21,22). The number of carbonyl (C=O) groups is 1. The number of thioether (sulfide) groups is 1. The number of carbonyl (C=O) groups excluding carboxylic acids is 1. The van der Waals surface area contributed by atoms with Crippen molar-refractivity contribution >= 4 is 50.6 Å². The molecule has 0 aliphatic rings. The van der Waals surface area contributed by atoms with Crippen LogP contribution in [0, 0.1) is 0 Å². The van der Waals surface area contributed by atoms with Gasteiger partial charge in [-0.05, 0) is 48.9 Å². The number of hydrogen-bond acceptors (Lipinski definition) is 8. The maximum atomic E-state index is 12.7. The van der Waals surface area contributed by atoms with Gasteiger partial charge in [-0.3, -0.25) is 0 Å². The van der Waals surface area contributed by atoms with Crippen molar-refractivity contribution in [3.05, 3.63) is 48.0 Å². The molecule has 2 heterocycles. The van der Waals surface area contributed by atoms with Crippen LogP contribution in [0.1, 0.15) is 6.92 Å². The number of ether oxygens (including phenoxy) is 1. The molecule has 2 aromatic heterocycles. The molecule has 0 radical (unpaired) electrons. The van der Waals surface area contributed by atoms with E-state index in [1.54, 1.807) is 60.5 Å². The number of aromatic nitrogens is 2. The summed E-state index contributed by atoms with van der Waals surface area (Å²) in [6, 6.07) is 10.8. The Morgan fingerprint density at radius 2 is 2.07 bits per heavy atom. The van der Waals surface area contributed by atoms with E-state index in [2.05, 4.69) is 19.6 Å². The van der Waals surface area contributed by atoms with Crippen LogP contribution < -0.4 is 5.32 Å². The van der Waals surface area contributed by atoms with E-state index in [9.17, 15) is 9.00 Å². The Morgan fingerprint density at radius 1 is 1.31 bits per heavy atom. The highest BCUT2D eigenvalue weighted by Gasteiger charge is 2.12. The minimum atomic E-state index is -2.87. The van der Waals surface area contributed by atoms with Crippen LogP contribution in [0.2, 0.25) is 0 Å². The van der Waals surface area contributed by atoms with Crippen molar-refractivity contribution in [2.75, 3.05) is 24.4 Å². The summed E-state index contributed by atoms with van der Waals surface area (Å²) in [5.41, 5.74) is 1.73. The second-order valence-corrected chi connectivity index (χ2v) is 9.84. The molecular formula is C19H20N4O3S3. The number of benzene rings is 1. The topological polar surface area (TPSA) is 93.5 Å². The van der Waals surface area contributed by atoms with Crippen molar-refractivity contribution in [2.45, 2.75) is 16.8 Å². The van der Waals surface area contributed by atoms with E-state index >= 15 is 0 Å². The maximum absolute atomic E-state index is 12.7. The van der Waals surface area contributed by atoms with Crippen molar-refractivity contribution in [2.24, 2.45) is 4.36 Å². The van der Waals surface area contributed by atoms with Crippen molar-refractivity contribution in [3.63, 3.8) is 0 Å². The Labute approximate surface area is 178 Å². The summed E-state index contributed by atoms with van der Waals surface area (Å²) in [6.07, 6.45) is 4.36. The van der Waals surface area contributed by atoms with E-state index < -0.39 is 15.8 Å². The first-order valence-corrected chi connectivity index (χ1v) is 12.7. The average Bonchev–Trinajstić information content (AvgIpc) is 3.22. The molecule has 0 aliphatic carbocycles. The van der Waals surface area contributed by atoms with Gasteiger partial charge < -0.3 is 10.1 Å². The first-order valence-electron chi connectivity index (χ1n) is 8.64.